The van der Waals surface area contributed by atoms with Gasteiger partial charge in [-0.15, -0.1) is 0 Å². The van der Waals surface area contributed by atoms with Crippen molar-refractivity contribution in [3.05, 3.63) is 47.9 Å². The number of aromatic nitrogens is 2. The van der Waals surface area contributed by atoms with Crippen LogP contribution in [0, 0.1) is 0 Å². The van der Waals surface area contributed by atoms with Crippen LogP contribution in [0.4, 0.5) is 5.82 Å². The molecule has 0 atom stereocenters. The fraction of sp³-hybridized carbons (Fsp3) is 0.231. The monoisotopic (exact) mass is 245 g/mol. The zero-order chi connectivity index (χ0) is 12.8. The number of carbonyl (C=O) groups is 1. The van der Waals surface area contributed by atoms with Crippen LogP contribution >= 0.6 is 0 Å². The third-order valence-corrected chi connectivity index (χ3v) is 2.70. The van der Waals surface area contributed by atoms with Crippen molar-refractivity contribution in [1.82, 2.24) is 9.55 Å². The van der Waals surface area contributed by atoms with Crippen molar-refractivity contribution < 1.29 is 9.53 Å². The molecule has 0 saturated carbocycles. The quantitative estimate of drug-likeness (QED) is 0.614. The highest BCUT2D eigenvalue weighted by Crippen LogP contribution is 2.13. The first kappa shape index (κ1) is 12.2. The largest absolute Gasteiger partial charge is 0.467 e. The molecule has 2 aromatic rings. The zero-order valence-electron chi connectivity index (χ0n) is 9.95. The van der Waals surface area contributed by atoms with Crippen molar-refractivity contribution in [2.75, 3.05) is 12.3 Å². The van der Waals surface area contributed by atoms with Crippen molar-refractivity contribution in [3.8, 4) is 0 Å². The van der Waals surface area contributed by atoms with Crippen LogP contribution in [0.15, 0.2) is 36.7 Å². The molecule has 18 heavy (non-hydrogen) atoms. The average molecular weight is 245 g/mol. The SMILES string of the molecule is Nc1ncn(Cc2ccccc2)c1CCOC=O. The number of ether oxygens (including phenoxy) is 1. The van der Waals surface area contributed by atoms with Crippen molar-refractivity contribution in [2.45, 2.75) is 13.0 Å². The van der Waals surface area contributed by atoms with Gasteiger partial charge in [0.25, 0.3) is 6.47 Å². The average Bonchev–Trinajstić information content (AvgIpc) is 2.73. The predicted molar refractivity (Wildman–Crippen MR) is 67.9 cm³/mol. The fourth-order valence-electron chi connectivity index (χ4n) is 1.81. The normalized spacial score (nSPS) is 10.2. The van der Waals surface area contributed by atoms with Gasteiger partial charge in [-0.25, -0.2) is 4.98 Å². The summed E-state index contributed by atoms with van der Waals surface area (Å²) in [5.41, 5.74) is 7.86. The smallest absolute Gasteiger partial charge is 0.293 e. The van der Waals surface area contributed by atoms with Gasteiger partial charge in [-0.2, -0.15) is 0 Å². The number of nitrogen functional groups attached to an aromatic ring is 1. The maximum absolute atomic E-state index is 10.1. The fourth-order valence-corrected chi connectivity index (χ4v) is 1.81. The lowest BCUT2D eigenvalue weighted by Gasteiger charge is -2.08. The van der Waals surface area contributed by atoms with E-state index in [-0.39, 0.29) is 0 Å². The molecule has 0 spiro atoms. The van der Waals surface area contributed by atoms with Gasteiger partial charge in [0.1, 0.15) is 5.82 Å². The summed E-state index contributed by atoms with van der Waals surface area (Å²) in [5.74, 6) is 0.487. The number of imidazole rings is 1. The summed E-state index contributed by atoms with van der Waals surface area (Å²) in [6, 6.07) is 10.0. The Morgan fingerprint density at radius 2 is 2.11 bits per heavy atom. The molecule has 5 nitrogen and oxygen atoms in total. The summed E-state index contributed by atoms with van der Waals surface area (Å²) in [4.78, 5) is 14.2. The first-order chi connectivity index (χ1) is 8.81. The van der Waals surface area contributed by atoms with Crippen molar-refractivity contribution >= 4 is 12.3 Å². The molecule has 0 saturated heterocycles. The highest BCUT2D eigenvalue weighted by atomic mass is 16.5. The molecule has 2 rings (SSSR count). The van der Waals surface area contributed by atoms with Gasteiger partial charge in [0, 0.05) is 13.0 Å². The molecule has 0 fully saturated rings. The minimum Gasteiger partial charge on any atom is -0.467 e. The van der Waals surface area contributed by atoms with Gasteiger partial charge in [-0.1, -0.05) is 30.3 Å². The van der Waals surface area contributed by atoms with E-state index in [0.717, 1.165) is 5.69 Å². The molecule has 0 aliphatic carbocycles. The minimum absolute atomic E-state index is 0.314. The van der Waals surface area contributed by atoms with Gasteiger partial charge >= 0.3 is 0 Å². The van der Waals surface area contributed by atoms with Crippen LogP contribution in [0.2, 0.25) is 0 Å². The molecule has 0 bridgehead atoms. The molecule has 94 valence electrons. The standard InChI is InChI=1S/C13H15N3O2/c14-13-12(6-7-18-10-17)16(9-15-13)8-11-4-2-1-3-5-11/h1-5,9-10H,6-8,14H2. The topological polar surface area (TPSA) is 70.1 Å². The van der Waals surface area contributed by atoms with E-state index < -0.39 is 0 Å². The summed E-state index contributed by atoms with van der Waals surface area (Å²) >= 11 is 0. The maximum Gasteiger partial charge on any atom is 0.293 e. The Morgan fingerprint density at radius 3 is 2.83 bits per heavy atom. The van der Waals surface area contributed by atoms with E-state index >= 15 is 0 Å². The van der Waals surface area contributed by atoms with Gasteiger partial charge in [0.05, 0.1) is 18.6 Å². The third-order valence-electron chi connectivity index (χ3n) is 2.70. The Kier molecular flexibility index (Phi) is 3.96. The second-order valence-corrected chi connectivity index (χ2v) is 3.91. The van der Waals surface area contributed by atoms with E-state index in [0.29, 0.717) is 31.9 Å². The lowest BCUT2D eigenvalue weighted by atomic mass is 10.2. The molecule has 0 unspecified atom stereocenters. The van der Waals surface area contributed by atoms with E-state index in [1.54, 1.807) is 6.33 Å². The molecule has 1 heterocycles. The Bertz CT molecular complexity index is 508. The van der Waals surface area contributed by atoms with E-state index in [2.05, 4.69) is 9.72 Å². The van der Waals surface area contributed by atoms with Crippen molar-refractivity contribution in [3.63, 3.8) is 0 Å². The summed E-state index contributed by atoms with van der Waals surface area (Å²) < 4.78 is 6.66. The van der Waals surface area contributed by atoms with Crippen LogP contribution < -0.4 is 5.73 Å². The second kappa shape index (κ2) is 5.86. The number of rotatable bonds is 6. The maximum atomic E-state index is 10.1. The molecule has 5 heteroatoms. The summed E-state index contributed by atoms with van der Waals surface area (Å²) in [5, 5.41) is 0. The highest BCUT2D eigenvalue weighted by molar-refractivity contribution is 5.38. The van der Waals surface area contributed by atoms with Crippen molar-refractivity contribution in [1.29, 1.82) is 0 Å². The Morgan fingerprint density at radius 1 is 1.33 bits per heavy atom. The van der Waals surface area contributed by atoms with Crippen LogP contribution in [0.3, 0.4) is 0 Å². The molecule has 2 N–H and O–H groups in total. The number of hydrogen-bond donors (Lipinski definition) is 1. The molecule has 0 radical (unpaired) electrons. The Balaban J connectivity index is 2.10. The third kappa shape index (κ3) is 2.88. The van der Waals surface area contributed by atoms with Crippen LogP contribution in [-0.4, -0.2) is 22.6 Å². The first-order valence-electron chi connectivity index (χ1n) is 5.70. The lowest BCUT2D eigenvalue weighted by molar-refractivity contribution is -0.128. The Hall–Kier alpha value is -2.30. The minimum atomic E-state index is 0.314. The van der Waals surface area contributed by atoms with Crippen LogP contribution in [0.5, 0.6) is 0 Å². The van der Waals surface area contributed by atoms with Gasteiger partial charge < -0.3 is 15.0 Å². The molecule has 1 aromatic heterocycles. The van der Waals surface area contributed by atoms with Gasteiger partial charge in [0.15, 0.2) is 0 Å². The zero-order valence-corrected chi connectivity index (χ0v) is 9.95. The summed E-state index contributed by atoms with van der Waals surface area (Å²) in [6.45, 7) is 1.46. The number of hydrogen-bond acceptors (Lipinski definition) is 4. The number of nitrogens with two attached hydrogens (primary N) is 1. The first-order valence-corrected chi connectivity index (χ1v) is 5.70. The predicted octanol–water partition coefficient (Wildman–Crippen LogP) is 1.23. The van der Waals surface area contributed by atoms with Gasteiger partial charge in [-0.3, -0.25) is 4.79 Å². The van der Waals surface area contributed by atoms with Gasteiger partial charge in [0.2, 0.25) is 0 Å². The Labute approximate surface area is 105 Å². The summed E-state index contributed by atoms with van der Waals surface area (Å²) in [6.07, 6.45) is 2.27. The number of anilines is 1. The second-order valence-electron chi connectivity index (χ2n) is 3.91. The van der Waals surface area contributed by atoms with Gasteiger partial charge in [-0.05, 0) is 5.56 Å². The van der Waals surface area contributed by atoms with E-state index in [1.165, 1.54) is 5.56 Å². The van der Waals surface area contributed by atoms with Crippen molar-refractivity contribution in [2.24, 2.45) is 0 Å². The lowest BCUT2D eigenvalue weighted by Crippen LogP contribution is -2.08. The van der Waals surface area contributed by atoms with Crippen LogP contribution in [0.1, 0.15) is 11.3 Å². The molecular formula is C13H15N3O2. The molecule has 1 aromatic carbocycles. The highest BCUT2D eigenvalue weighted by Gasteiger charge is 2.08. The number of nitrogens with zero attached hydrogens (tertiary/aromatic N) is 2. The van der Waals surface area contributed by atoms with E-state index in [9.17, 15) is 4.79 Å². The number of carbonyl (C=O) groups excluding carboxylic acids is 1. The van der Waals surface area contributed by atoms with E-state index in [4.69, 9.17) is 5.73 Å². The number of benzene rings is 1. The summed E-state index contributed by atoms with van der Waals surface area (Å²) in [7, 11) is 0. The molecular weight excluding hydrogens is 230 g/mol. The molecule has 0 amide bonds. The van der Waals surface area contributed by atoms with E-state index in [1.807, 2.05) is 34.9 Å². The molecule has 0 aliphatic rings. The molecule has 0 aliphatic heterocycles. The van der Waals surface area contributed by atoms with Crippen LogP contribution in [-0.2, 0) is 22.5 Å². The van der Waals surface area contributed by atoms with Crippen LogP contribution in [0.25, 0.3) is 0 Å².